The highest BCUT2D eigenvalue weighted by Gasteiger charge is 2.75. The summed E-state index contributed by atoms with van der Waals surface area (Å²) >= 11 is 5.84. The Morgan fingerprint density at radius 2 is 1.74 bits per heavy atom. The number of rotatable bonds is 9. The van der Waals surface area contributed by atoms with Gasteiger partial charge in [0.05, 0.1) is 20.9 Å². The summed E-state index contributed by atoms with van der Waals surface area (Å²) in [4.78, 5) is 17.9. The summed E-state index contributed by atoms with van der Waals surface area (Å²) < 4.78 is 83.3. The van der Waals surface area contributed by atoms with Crippen molar-refractivity contribution in [2.24, 2.45) is 15.8 Å². The van der Waals surface area contributed by atoms with Gasteiger partial charge in [0.1, 0.15) is 17.7 Å². The normalized spacial score (nSPS) is 26.6. The van der Waals surface area contributed by atoms with E-state index in [-0.39, 0.29) is 16.5 Å². The van der Waals surface area contributed by atoms with Crippen molar-refractivity contribution in [2.45, 2.75) is 81.7 Å². The third-order valence-corrected chi connectivity index (χ3v) is 11.1. The Hall–Kier alpha value is -2.70. The molecule has 0 spiro atoms. The van der Waals surface area contributed by atoms with Crippen LogP contribution in [0, 0.1) is 16.6 Å². The lowest BCUT2D eigenvalue weighted by atomic mass is 9.38. The molecule has 13 heteroatoms. The van der Waals surface area contributed by atoms with E-state index in [4.69, 9.17) is 16.6 Å². The summed E-state index contributed by atoms with van der Waals surface area (Å²) in [7, 11) is -3.97. The number of nitrogens with zero attached hydrogens (tertiary/aromatic N) is 2. The minimum atomic E-state index is -4.48. The number of halogens is 5. The van der Waals surface area contributed by atoms with E-state index in [2.05, 4.69) is 10.6 Å². The number of hydrogen-bond donors (Lipinski definition) is 2. The highest BCUT2D eigenvalue weighted by molar-refractivity contribution is 7.89. The van der Waals surface area contributed by atoms with Crippen molar-refractivity contribution in [1.29, 1.82) is 0 Å². The maximum absolute atomic E-state index is 14.3. The first-order valence-electron chi connectivity index (χ1n) is 13.6. The summed E-state index contributed by atoms with van der Waals surface area (Å²) in [5, 5.41) is 5.51. The first kappa shape index (κ1) is 30.7. The van der Waals surface area contributed by atoms with Crippen LogP contribution in [0.2, 0.25) is 5.02 Å². The van der Waals surface area contributed by atoms with Gasteiger partial charge >= 0.3 is 6.18 Å². The fraction of sp³-hybridized carbons (Fsp3) is 0.517. The lowest BCUT2D eigenvalue weighted by Gasteiger charge is -2.72. The fourth-order valence-corrected chi connectivity index (χ4v) is 8.04. The fourth-order valence-electron chi connectivity index (χ4n) is 6.15. The van der Waals surface area contributed by atoms with Crippen LogP contribution in [-0.4, -0.2) is 54.3 Å². The zero-order valence-electron chi connectivity index (χ0n) is 23.6. The topological polar surface area (TPSA) is 90.9 Å². The van der Waals surface area contributed by atoms with Gasteiger partial charge in [0.15, 0.2) is 0 Å². The molecule has 3 saturated carbocycles. The van der Waals surface area contributed by atoms with Crippen LogP contribution in [0.25, 0.3) is 0 Å². The van der Waals surface area contributed by atoms with Gasteiger partial charge in [-0.15, -0.1) is 0 Å². The Balaban J connectivity index is 1.34. The molecule has 228 valence electrons. The molecule has 0 unspecified atom stereocenters. The summed E-state index contributed by atoms with van der Waals surface area (Å²) in [6.07, 6.45) is -3.19. The second-order valence-corrected chi connectivity index (χ2v) is 15.2. The third-order valence-electron chi connectivity index (χ3n) is 8.80. The molecule has 6 rings (SSSR count). The number of benzene rings is 2. The van der Waals surface area contributed by atoms with Crippen LogP contribution in [0.5, 0.6) is 0 Å². The van der Waals surface area contributed by atoms with Crippen LogP contribution in [0.3, 0.4) is 0 Å². The highest BCUT2D eigenvalue weighted by Crippen LogP contribution is 2.71. The molecule has 2 bridgehead atoms. The lowest BCUT2D eigenvalue weighted by molar-refractivity contribution is -0.209. The van der Waals surface area contributed by atoms with Crippen LogP contribution in [0.4, 0.5) is 17.6 Å². The molecule has 4 aliphatic rings. The molecular formula is C29H33ClF4N4O3S. The van der Waals surface area contributed by atoms with Crippen molar-refractivity contribution in [3.8, 4) is 0 Å². The minimum Gasteiger partial charge on any atom is -0.360 e. The average molecular weight is 629 g/mol. The van der Waals surface area contributed by atoms with Gasteiger partial charge in [-0.2, -0.15) is 17.5 Å². The maximum atomic E-state index is 14.3. The molecule has 2 aromatic rings. The SMILES string of the molecule is CC1(C)N=C(C23CC(N(Cc4ccc(Cl)c(F)c4)S(=O)(=O)c4ccccc4)(C2)C3)N[C@H]1C(=O)NCC(C)(C)C(F)(F)F. The summed E-state index contributed by atoms with van der Waals surface area (Å²) in [5.41, 5.74) is -3.81. The lowest BCUT2D eigenvalue weighted by Crippen LogP contribution is -2.78. The van der Waals surface area contributed by atoms with Crippen molar-refractivity contribution >= 4 is 33.4 Å². The Morgan fingerprint density at radius 1 is 1.12 bits per heavy atom. The summed E-state index contributed by atoms with van der Waals surface area (Å²) in [5.74, 6) is -0.676. The molecule has 0 saturated heterocycles. The van der Waals surface area contributed by atoms with Gasteiger partial charge < -0.3 is 10.6 Å². The van der Waals surface area contributed by atoms with E-state index in [0.29, 0.717) is 30.7 Å². The average Bonchev–Trinajstić information content (AvgIpc) is 3.17. The second kappa shape index (κ2) is 9.92. The Kier molecular flexibility index (Phi) is 7.26. The molecule has 42 heavy (non-hydrogen) atoms. The van der Waals surface area contributed by atoms with Crippen LogP contribution >= 0.6 is 11.6 Å². The zero-order chi connectivity index (χ0) is 30.9. The quantitative estimate of drug-likeness (QED) is 0.362. The highest BCUT2D eigenvalue weighted by atomic mass is 35.5. The molecule has 0 aromatic heterocycles. The van der Waals surface area contributed by atoms with Crippen LogP contribution < -0.4 is 10.6 Å². The number of nitrogens with one attached hydrogen (secondary N) is 2. The number of amidine groups is 1. The molecule has 1 heterocycles. The van der Waals surface area contributed by atoms with E-state index < -0.39 is 62.4 Å². The van der Waals surface area contributed by atoms with E-state index in [9.17, 15) is 30.8 Å². The standard InChI is InChI=1S/C29H33ClF4N4O3S/c1-25(2,29(32,33)34)17-35-23(39)22-26(3,4)37-24(36-22)27-14-28(15-27,16-27)38(13-18-10-11-20(30)21(31)12-18)42(40,41)19-8-6-5-7-9-19/h5-12,22H,13-17H2,1-4H3,(H,35,39)(H,36,37)/t22-,27?,28?/m0/s1. The van der Waals surface area contributed by atoms with E-state index in [1.54, 1.807) is 38.1 Å². The smallest absolute Gasteiger partial charge is 0.360 e. The predicted molar refractivity (Wildman–Crippen MR) is 151 cm³/mol. The number of carbonyl (C=O) groups excluding carboxylic acids is 1. The number of aliphatic imine (C=N–C) groups is 1. The first-order valence-corrected chi connectivity index (χ1v) is 15.4. The summed E-state index contributed by atoms with van der Waals surface area (Å²) in [6, 6.07) is 11.3. The first-order chi connectivity index (χ1) is 19.3. The largest absolute Gasteiger partial charge is 0.395 e. The van der Waals surface area contributed by atoms with Crippen LogP contribution in [0.15, 0.2) is 58.4 Å². The second-order valence-electron chi connectivity index (χ2n) is 12.9. The van der Waals surface area contributed by atoms with Crippen LogP contribution in [0.1, 0.15) is 52.5 Å². The van der Waals surface area contributed by atoms with Gasteiger partial charge in [0.2, 0.25) is 15.9 Å². The van der Waals surface area contributed by atoms with Crippen molar-refractivity contribution in [2.75, 3.05) is 6.54 Å². The Morgan fingerprint density at radius 3 is 2.31 bits per heavy atom. The van der Waals surface area contributed by atoms with Crippen molar-refractivity contribution in [1.82, 2.24) is 14.9 Å². The molecule has 2 N–H and O–H groups in total. The van der Waals surface area contributed by atoms with E-state index in [0.717, 1.165) is 13.8 Å². The molecule has 2 aromatic carbocycles. The van der Waals surface area contributed by atoms with Gasteiger partial charge in [-0.3, -0.25) is 9.79 Å². The van der Waals surface area contributed by atoms with Gasteiger partial charge in [-0.25, -0.2) is 12.8 Å². The molecule has 1 aliphatic heterocycles. The number of sulfonamides is 1. The number of hydrogen-bond acceptors (Lipinski definition) is 5. The van der Waals surface area contributed by atoms with Crippen molar-refractivity contribution in [3.05, 3.63) is 64.9 Å². The molecule has 7 nitrogen and oxygen atoms in total. The zero-order valence-corrected chi connectivity index (χ0v) is 25.2. The van der Waals surface area contributed by atoms with Crippen molar-refractivity contribution in [3.63, 3.8) is 0 Å². The van der Waals surface area contributed by atoms with E-state index in [1.165, 1.54) is 28.6 Å². The summed E-state index contributed by atoms with van der Waals surface area (Å²) in [6.45, 7) is 4.87. The molecule has 1 atom stereocenters. The van der Waals surface area contributed by atoms with Gasteiger partial charge in [-0.1, -0.05) is 35.9 Å². The Bertz CT molecular complexity index is 1520. The molecule has 1 amide bonds. The number of amides is 1. The molecular weight excluding hydrogens is 596 g/mol. The van der Waals surface area contributed by atoms with Crippen molar-refractivity contribution < 1.29 is 30.8 Å². The third kappa shape index (κ3) is 5.09. The minimum absolute atomic E-state index is 0.0609. The van der Waals surface area contributed by atoms with E-state index in [1.807, 2.05) is 0 Å². The molecule has 0 radical (unpaired) electrons. The van der Waals surface area contributed by atoms with Gasteiger partial charge in [0.25, 0.3) is 0 Å². The molecule has 3 aliphatic carbocycles. The van der Waals surface area contributed by atoms with E-state index >= 15 is 0 Å². The monoisotopic (exact) mass is 628 g/mol. The predicted octanol–water partition coefficient (Wildman–Crippen LogP) is 5.45. The number of carbonyl (C=O) groups is 1. The van der Waals surface area contributed by atoms with Gasteiger partial charge in [0, 0.05) is 24.0 Å². The maximum Gasteiger partial charge on any atom is 0.395 e. The number of alkyl halides is 3. The molecule has 3 fully saturated rings. The van der Waals surface area contributed by atoms with Gasteiger partial charge in [-0.05, 0) is 76.8 Å². The van der Waals surface area contributed by atoms with Crippen LogP contribution in [-0.2, 0) is 21.4 Å². The Labute approximate surface area is 247 Å².